The molecule has 0 aromatic heterocycles. The molecule has 0 aliphatic carbocycles. The van der Waals surface area contributed by atoms with Crippen LogP contribution in [0.4, 0.5) is 0 Å². The van der Waals surface area contributed by atoms with Crippen molar-refractivity contribution in [2.24, 2.45) is 0 Å². The second-order valence-electron chi connectivity index (χ2n) is 3.43. The minimum Gasteiger partial charge on any atom is -0.382 e. The van der Waals surface area contributed by atoms with Crippen LogP contribution in [0.5, 0.6) is 0 Å². The van der Waals surface area contributed by atoms with Gasteiger partial charge in [-0.2, -0.15) is 0 Å². The summed E-state index contributed by atoms with van der Waals surface area (Å²) in [6.07, 6.45) is 1.98. The van der Waals surface area contributed by atoms with E-state index in [9.17, 15) is 4.79 Å². The molecule has 0 unspecified atom stereocenters. The highest BCUT2D eigenvalue weighted by molar-refractivity contribution is 5.77. The molecule has 0 atom stereocenters. The Kier molecular flexibility index (Phi) is 9.52. The second kappa shape index (κ2) is 9.93. The minimum absolute atomic E-state index is 0.0785. The topological polar surface area (TPSA) is 38.8 Å². The quantitative estimate of drug-likeness (QED) is 0.546. The molecule has 0 bridgehead atoms. The van der Waals surface area contributed by atoms with Crippen LogP contribution in [-0.4, -0.2) is 50.8 Å². The third kappa shape index (κ3) is 7.33. The van der Waals surface area contributed by atoms with E-state index in [2.05, 4.69) is 13.8 Å². The van der Waals surface area contributed by atoms with Gasteiger partial charge in [-0.3, -0.25) is 4.79 Å². The summed E-state index contributed by atoms with van der Waals surface area (Å²) in [6.45, 7) is 6.97. The number of nitrogens with zero attached hydrogens (tertiary/aromatic N) is 1. The zero-order chi connectivity index (χ0) is 11.5. The summed E-state index contributed by atoms with van der Waals surface area (Å²) in [6, 6.07) is 0. The largest absolute Gasteiger partial charge is 0.382 e. The van der Waals surface area contributed by atoms with Gasteiger partial charge < -0.3 is 14.4 Å². The predicted octanol–water partition coefficient (Wildman–Crippen LogP) is 1.30. The predicted molar refractivity (Wildman–Crippen MR) is 59.9 cm³/mol. The Hall–Kier alpha value is -0.610. The molecule has 4 nitrogen and oxygen atoms in total. The van der Waals surface area contributed by atoms with Gasteiger partial charge in [0.15, 0.2) is 0 Å². The first-order chi connectivity index (χ1) is 7.26. The summed E-state index contributed by atoms with van der Waals surface area (Å²) in [4.78, 5) is 13.5. The second-order valence-corrected chi connectivity index (χ2v) is 3.43. The van der Waals surface area contributed by atoms with Gasteiger partial charge in [0, 0.05) is 20.2 Å². The summed E-state index contributed by atoms with van der Waals surface area (Å²) < 4.78 is 10.0. The van der Waals surface area contributed by atoms with E-state index in [4.69, 9.17) is 9.47 Å². The fourth-order valence-electron chi connectivity index (χ4n) is 1.29. The van der Waals surface area contributed by atoms with E-state index in [1.165, 1.54) is 0 Å². The highest BCUT2D eigenvalue weighted by Crippen LogP contribution is 1.96. The lowest BCUT2D eigenvalue weighted by atomic mass is 10.3. The molecule has 0 heterocycles. The molecular formula is C11H23NO3. The molecule has 1 amide bonds. The van der Waals surface area contributed by atoms with Crippen molar-refractivity contribution in [1.82, 2.24) is 4.90 Å². The average Bonchev–Trinajstić information content (AvgIpc) is 2.24. The van der Waals surface area contributed by atoms with E-state index in [0.717, 1.165) is 25.9 Å². The van der Waals surface area contributed by atoms with Gasteiger partial charge in [0.1, 0.15) is 6.61 Å². The maximum Gasteiger partial charge on any atom is 0.248 e. The van der Waals surface area contributed by atoms with Crippen molar-refractivity contribution in [2.75, 3.05) is 40.0 Å². The van der Waals surface area contributed by atoms with Crippen molar-refractivity contribution < 1.29 is 14.3 Å². The van der Waals surface area contributed by atoms with Crippen LogP contribution in [-0.2, 0) is 14.3 Å². The fourth-order valence-corrected chi connectivity index (χ4v) is 1.29. The Bertz CT molecular complexity index is 156. The van der Waals surface area contributed by atoms with Crippen LogP contribution in [0.25, 0.3) is 0 Å². The van der Waals surface area contributed by atoms with Crippen molar-refractivity contribution in [3.8, 4) is 0 Å². The van der Waals surface area contributed by atoms with Crippen LogP contribution < -0.4 is 0 Å². The first-order valence-corrected chi connectivity index (χ1v) is 5.60. The highest BCUT2D eigenvalue weighted by atomic mass is 16.5. The van der Waals surface area contributed by atoms with Crippen LogP contribution in [0, 0.1) is 0 Å². The number of carbonyl (C=O) groups is 1. The van der Waals surface area contributed by atoms with Gasteiger partial charge in [0.2, 0.25) is 5.91 Å². The lowest BCUT2D eigenvalue weighted by Gasteiger charge is -2.21. The number of hydrogen-bond donors (Lipinski definition) is 0. The minimum atomic E-state index is 0.0785. The van der Waals surface area contributed by atoms with Crippen molar-refractivity contribution in [3.05, 3.63) is 0 Å². The maximum absolute atomic E-state index is 11.6. The van der Waals surface area contributed by atoms with Crippen molar-refractivity contribution in [3.63, 3.8) is 0 Å². The lowest BCUT2D eigenvalue weighted by molar-refractivity contribution is -0.136. The lowest BCUT2D eigenvalue weighted by Crippen LogP contribution is -2.35. The molecule has 0 rings (SSSR count). The molecular weight excluding hydrogens is 194 g/mol. The van der Waals surface area contributed by atoms with Crippen LogP contribution in [0.2, 0.25) is 0 Å². The van der Waals surface area contributed by atoms with Crippen LogP contribution >= 0.6 is 0 Å². The zero-order valence-corrected chi connectivity index (χ0v) is 10.1. The van der Waals surface area contributed by atoms with Gasteiger partial charge in [-0.25, -0.2) is 0 Å². The van der Waals surface area contributed by atoms with Crippen molar-refractivity contribution in [2.45, 2.75) is 26.7 Å². The summed E-state index contributed by atoms with van der Waals surface area (Å²) in [5, 5.41) is 0. The smallest absolute Gasteiger partial charge is 0.248 e. The van der Waals surface area contributed by atoms with E-state index in [1.54, 1.807) is 7.11 Å². The molecule has 0 saturated heterocycles. The SMILES string of the molecule is CCCN(CCC)C(=O)COCCOC. The van der Waals surface area contributed by atoms with E-state index in [0.29, 0.717) is 13.2 Å². The summed E-state index contributed by atoms with van der Waals surface area (Å²) in [5.41, 5.74) is 0. The normalized spacial score (nSPS) is 10.3. The van der Waals surface area contributed by atoms with E-state index >= 15 is 0 Å². The van der Waals surface area contributed by atoms with Gasteiger partial charge in [0.05, 0.1) is 13.2 Å². The highest BCUT2D eigenvalue weighted by Gasteiger charge is 2.10. The Morgan fingerprint density at radius 2 is 1.73 bits per heavy atom. The summed E-state index contributed by atoms with van der Waals surface area (Å²) >= 11 is 0. The van der Waals surface area contributed by atoms with E-state index in [-0.39, 0.29) is 12.5 Å². The zero-order valence-electron chi connectivity index (χ0n) is 10.1. The van der Waals surface area contributed by atoms with Gasteiger partial charge in [-0.1, -0.05) is 13.8 Å². The molecule has 0 aromatic carbocycles. The van der Waals surface area contributed by atoms with Gasteiger partial charge >= 0.3 is 0 Å². The van der Waals surface area contributed by atoms with Crippen molar-refractivity contribution in [1.29, 1.82) is 0 Å². The van der Waals surface area contributed by atoms with Crippen LogP contribution in [0.15, 0.2) is 0 Å². The molecule has 90 valence electrons. The Morgan fingerprint density at radius 3 is 2.20 bits per heavy atom. The molecule has 0 radical (unpaired) electrons. The van der Waals surface area contributed by atoms with Crippen molar-refractivity contribution >= 4 is 5.91 Å². The van der Waals surface area contributed by atoms with E-state index in [1.807, 2.05) is 4.90 Å². The molecule has 0 spiro atoms. The molecule has 0 N–H and O–H groups in total. The number of carbonyl (C=O) groups excluding carboxylic acids is 1. The average molecular weight is 217 g/mol. The summed E-state index contributed by atoms with van der Waals surface area (Å²) in [5.74, 6) is 0.0785. The van der Waals surface area contributed by atoms with Crippen LogP contribution in [0.1, 0.15) is 26.7 Å². The first-order valence-electron chi connectivity index (χ1n) is 5.60. The molecule has 15 heavy (non-hydrogen) atoms. The Morgan fingerprint density at radius 1 is 1.13 bits per heavy atom. The Labute approximate surface area is 92.5 Å². The third-order valence-electron chi connectivity index (χ3n) is 2.00. The summed E-state index contributed by atoms with van der Waals surface area (Å²) in [7, 11) is 1.62. The van der Waals surface area contributed by atoms with Crippen LogP contribution in [0.3, 0.4) is 0 Å². The first kappa shape index (κ1) is 14.4. The number of methoxy groups -OCH3 is 1. The number of ether oxygens (including phenoxy) is 2. The van der Waals surface area contributed by atoms with Gasteiger partial charge in [-0.05, 0) is 12.8 Å². The number of rotatable bonds is 9. The molecule has 0 aromatic rings. The maximum atomic E-state index is 11.6. The number of hydrogen-bond acceptors (Lipinski definition) is 3. The standard InChI is InChI=1S/C11H23NO3/c1-4-6-12(7-5-2)11(13)10-15-9-8-14-3/h4-10H2,1-3H3. The van der Waals surface area contributed by atoms with Gasteiger partial charge in [-0.15, -0.1) is 0 Å². The Balaban J connectivity index is 3.70. The van der Waals surface area contributed by atoms with Gasteiger partial charge in [0.25, 0.3) is 0 Å². The monoisotopic (exact) mass is 217 g/mol. The fraction of sp³-hybridized carbons (Fsp3) is 0.909. The molecule has 0 saturated carbocycles. The molecule has 4 heteroatoms. The third-order valence-corrected chi connectivity index (χ3v) is 2.00. The molecule has 0 fully saturated rings. The van der Waals surface area contributed by atoms with E-state index < -0.39 is 0 Å². The number of amides is 1. The molecule has 0 aliphatic rings. The molecule has 0 aliphatic heterocycles.